The maximum atomic E-state index is 12.6. The van der Waals surface area contributed by atoms with Crippen LogP contribution in [0.5, 0.6) is 0 Å². The summed E-state index contributed by atoms with van der Waals surface area (Å²) in [7, 11) is -3.60. The van der Waals surface area contributed by atoms with Crippen molar-refractivity contribution in [2.45, 2.75) is 11.4 Å². The molecule has 2 aromatic rings. The Balaban J connectivity index is 1.65. The number of rotatable bonds is 5. The third kappa shape index (κ3) is 3.64. The normalized spacial score (nSPS) is 17.0. The Morgan fingerprint density at radius 2 is 1.75 bits per heavy atom. The Morgan fingerprint density at radius 1 is 1.08 bits per heavy atom. The predicted molar refractivity (Wildman–Crippen MR) is 91.5 cm³/mol. The van der Waals surface area contributed by atoms with Crippen molar-refractivity contribution >= 4 is 27.0 Å². The number of nitro groups is 1. The molecule has 0 spiro atoms. The van der Waals surface area contributed by atoms with Crippen LogP contribution in [0.3, 0.4) is 0 Å². The Morgan fingerprint density at radius 3 is 2.29 bits per heavy atom. The van der Waals surface area contributed by atoms with Crippen molar-refractivity contribution in [2.24, 2.45) is 0 Å². The number of sulfonamides is 1. The number of hydrogen-bond acceptors (Lipinski definition) is 6. The fraction of sp³-hybridized carbons (Fsp3) is 0.333. The van der Waals surface area contributed by atoms with Crippen molar-refractivity contribution in [3.63, 3.8) is 0 Å². The van der Waals surface area contributed by atoms with Gasteiger partial charge in [-0.2, -0.15) is 4.31 Å². The Bertz CT molecular complexity index is 796. The monoisotopic (exact) mass is 367 g/mol. The van der Waals surface area contributed by atoms with E-state index in [4.69, 9.17) is 0 Å². The van der Waals surface area contributed by atoms with Crippen LogP contribution in [0.2, 0.25) is 0 Å². The molecule has 128 valence electrons. The van der Waals surface area contributed by atoms with Crippen molar-refractivity contribution in [3.05, 3.63) is 56.8 Å². The minimum Gasteiger partial charge on any atom is -0.296 e. The van der Waals surface area contributed by atoms with Gasteiger partial charge in [-0.25, -0.2) is 8.42 Å². The number of nitrogens with zero attached hydrogens (tertiary/aromatic N) is 3. The SMILES string of the molecule is O=[N+]([O-])c1ccc(S(=O)(=O)N2CCN(Cc3cccs3)CC2)cc1. The van der Waals surface area contributed by atoms with Crippen molar-refractivity contribution in [3.8, 4) is 0 Å². The number of benzene rings is 1. The highest BCUT2D eigenvalue weighted by molar-refractivity contribution is 7.89. The molecule has 9 heteroatoms. The van der Waals surface area contributed by atoms with E-state index in [-0.39, 0.29) is 10.6 Å². The van der Waals surface area contributed by atoms with Crippen LogP contribution in [0.25, 0.3) is 0 Å². The highest BCUT2D eigenvalue weighted by atomic mass is 32.2. The maximum Gasteiger partial charge on any atom is 0.269 e. The second kappa shape index (κ2) is 6.98. The van der Waals surface area contributed by atoms with Crippen molar-refractivity contribution in [1.82, 2.24) is 9.21 Å². The lowest BCUT2D eigenvalue weighted by molar-refractivity contribution is -0.384. The molecule has 1 aromatic carbocycles. The summed E-state index contributed by atoms with van der Waals surface area (Å²) < 4.78 is 26.7. The van der Waals surface area contributed by atoms with Crippen LogP contribution < -0.4 is 0 Å². The molecular formula is C15H17N3O4S2. The summed E-state index contributed by atoms with van der Waals surface area (Å²) in [6, 6.07) is 9.12. The van der Waals surface area contributed by atoms with Gasteiger partial charge in [-0.15, -0.1) is 11.3 Å². The molecule has 1 saturated heterocycles. The largest absolute Gasteiger partial charge is 0.296 e. The molecule has 7 nitrogen and oxygen atoms in total. The van der Waals surface area contributed by atoms with Crippen molar-refractivity contribution in [1.29, 1.82) is 0 Å². The third-order valence-corrected chi connectivity index (χ3v) is 6.75. The van der Waals surface area contributed by atoms with Crippen LogP contribution in [0, 0.1) is 10.1 Å². The number of thiophene rings is 1. The molecule has 2 heterocycles. The number of piperazine rings is 1. The zero-order valence-corrected chi connectivity index (χ0v) is 14.5. The summed E-state index contributed by atoms with van der Waals surface area (Å²) in [6.07, 6.45) is 0. The minimum absolute atomic E-state index is 0.0970. The number of hydrogen-bond donors (Lipinski definition) is 0. The molecule has 3 rings (SSSR count). The summed E-state index contributed by atoms with van der Waals surface area (Å²) in [4.78, 5) is 13.7. The Hall–Kier alpha value is -1.81. The van der Waals surface area contributed by atoms with E-state index in [0.29, 0.717) is 26.2 Å². The summed E-state index contributed by atoms with van der Waals surface area (Å²) in [6.45, 7) is 3.02. The van der Waals surface area contributed by atoms with E-state index in [1.165, 1.54) is 33.4 Å². The topological polar surface area (TPSA) is 83.8 Å². The molecule has 0 radical (unpaired) electrons. The molecule has 0 bridgehead atoms. The average Bonchev–Trinajstić information content (AvgIpc) is 3.08. The van der Waals surface area contributed by atoms with Gasteiger partial charge in [-0.05, 0) is 23.6 Å². The first-order chi connectivity index (χ1) is 11.5. The zero-order chi connectivity index (χ0) is 17.2. The van der Waals surface area contributed by atoms with E-state index in [1.807, 2.05) is 11.4 Å². The van der Waals surface area contributed by atoms with Gasteiger partial charge in [0.25, 0.3) is 5.69 Å². The predicted octanol–water partition coefficient (Wildman–Crippen LogP) is 2.16. The van der Waals surface area contributed by atoms with Gasteiger partial charge in [0.15, 0.2) is 0 Å². The van der Waals surface area contributed by atoms with Gasteiger partial charge in [0, 0.05) is 49.7 Å². The van der Waals surface area contributed by atoms with Crippen LogP contribution in [-0.2, 0) is 16.6 Å². The molecule has 0 aliphatic carbocycles. The van der Waals surface area contributed by atoms with Crippen LogP contribution in [0.4, 0.5) is 5.69 Å². The molecule has 1 aliphatic heterocycles. The first-order valence-electron chi connectivity index (χ1n) is 7.46. The first-order valence-corrected chi connectivity index (χ1v) is 9.78. The molecule has 0 atom stereocenters. The maximum absolute atomic E-state index is 12.6. The quantitative estimate of drug-likeness (QED) is 0.597. The lowest BCUT2D eigenvalue weighted by atomic mass is 10.3. The summed E-state index contributed by atoms with van der Waals surface area (Å²) in [5.74, 6) is 0. The lowest BCUT2D eigenvalue weighted by Crippen LogP contribution is -2.48. The van der Waals surface area contributed by atoms with E-state index < -0.39 is 14.9 Å². The van der Waals surface area contributed by atoms with Gasteiger partial charge in [0.05, 0.1) is 9.82 Å². The average molecular weight is 367 g/mol. The van der Waals surface area contributed by atoms with Crippen LogP contribution in [0.1, 0.15) is 4.88 Å². The molecule has 1 fully saturated rings. The Kier molecular flexibility index (Phi) is 4.95. The zero-order valence-electron chi connectivity index (χ0n) is 12.9. The fourth-order valence-electron chi connectivity index (χ4n) is 2.64. The molecule has 24 heavy (non-hydrogen) atoms. The molecule has 0 amide bonds. The smallest absolute Gasteiger partial charge is 0.269 e. The van der Waals surface area contributed by atoms with Gasteiger partial charge in [-0.3, -0.25) is 15.0 Å². The lowest BCUT2D eigenvalue weighted by Gasteiger charge is -2.33. The third-order valence-electron chi connectivity index (χ3n) is 3.98. The van der Waals surface area contributed by atoms with Gasteiger partial charge in [-0.1, -0.05) is 6.07 Å². The summed E-state index contributed by atoms with van der Waals surface area (Å²) in [5.41, 5.74) is -0.116. The number of non-ortho nitro benzene ring substituents is 1. The molecule has 1 aliphatic rings. The van der Waals surface area contributed by atoms with E-state index in [0.717, 1.165) is 6.54 Å². The molecule has 0 N–H and O–H groups in total. The van der Waals surface area contributed by atoms with Gasteiger partial charge < -0.3 is 0 Å². The van der Waals surface area contributed by atoms with E-state index in [1.54, 1.807) is 11.3 Å². The summed E-state index contributed by atoms with van der Waals surface area (Å²) >= 11 is 1.69. The van der Waals surface area contributed by atoms with Gasteiger partial charge in [0.2, 0.25) is 10.0 Å². The van der Waals surface area contributed by atoms with Gasteiger partial charge in [0.1, 0.15) is 0 Å². The second-order valence-corrected chi connectivity index (χ2v) is 8.48. The highest BCUT2D eigenvalue weighted by Gasteiger charge is 2.28. The molecule has 1 aromatic heterocycles. The summed E-state index contributed by atoms with van der Waals surface area (Å²) in [5, 5.41) is 12.7. The van der Waals surface area contributed by atoms with E-state index in [9.17, 15) is 18.5 Å². The second-order valence-electron chi connectivity index (χ2n) is 5.51. The Labute approximate surface area is 144 Å². The molecule has 0 saturated carbocycles. The van der Waals surface area contributed by atoms with Gasteiger partial charge >= 0.3 is 0 Å². The van der Waals surface area contributed by atoms with Crippen LogP contribution in [-0.4, -0.2) is 48.7 Å². The minimum atomic E-state index is -3.60. The first kappa shape index (κ1) is 17.0. The van der Waals surface area contributed by atoms with Crippen LogP contribution >= 0.6 is 11.3 Å². The fourth-order valence-corrected chi connectivity index (χ4v) is 4.81. The van der Waals surface area contributed by atoms with E-state index >= 15 is 0 Å². The van der Waals surface area contributed by atoms with Crippen molar-refractivity contribution in [2.75, 3.05) is 26.2 Å². The highest BCUT2D eigenvalue weighted by Crippen LogP contribution is 2.21. The molecular weight excluding hydrogens is 350 g/mol. The molecule has 0 unspecified atom stereocenters. The number of nitro benzene ring substituents is 1. The van der Waals surface area contributed by atoms with Crippen molar-refractivity contribution < 1.29 is 13.3 Å². The van der Waals surface area contributed by atoms with Crippen LogP contribution in [0.15, 0.2) is 46.7 Å². The standard InChI is InChI=1S/C15H17N3O4S2/c19-18(20)13-3-5-15(6-4-13)24(21,22)17-9-7-16(8-10-17)12-14-2-1-11-23-14/h1-6,11H,7-10,12H2. The van der Waals surface area contributed by atoms with E-state index in [2.05, 4.69) is 11.0 Å².